The summed E-state index contributed by atoms with van der Waals surface area (Å²) in [5.74, 6) is 0.585. The van der Waals surface area contributed by atoms with Crippen molar-refractivity contribution in [3.8, 4) is 11.3 Å². The fourth-order valence-corrected chi connectivity index (χ4v) is 4.20. The molecule has 1 atom stereocenters. The van der Waals surface area contributed by atoms with Gasteiger partial charge >= 0.3 is 6.03 Å². The standard InChI is InChI=1S/C24H22FN5O/c25-19-7-1-2-8-20(19)27-24(31)29-14-5-6-18(16-29)23-28-22(17-10-12-26-13-11-17)21-9-3-4-15-30(21)23/h1-4,7-13,15,18H,5-6,14,16H2,(H,27,31). The number of likely N-dealkylation sites (tertiary alicyclic amines) is 1. The molecule has 5 rings (SSSR count). The van der Waals surface area contributed by atoms with Gasteiger partial charge in [0.15, 0.2) is 0 Å². The van der Waals surface area contributed by atoms with Crippen molar-refractivity contribution in [1.82, 2.24) is 19.3 Å². The monoisotopic (exact) mass is 415 g/mol. The van der Waals surface area contributed by atoms with Crippen LogP contribution in [0.15, 0.2) is 73.2 Å². The normalized spacial score (nSPS) is 16.4. The summed E-state index contributed by atoms with van der Waals surface area (Å²) >= 11 is 0. The van der Waals surface area contributed by atoms with E-state index in [1.54, 1.807) is 35.5 Å². The third-order valence-corrected chi connectivity index (χ3v) is 5.72. The number of urea groups is 1. The first-order valence-electron chi connectivity index (χ1n) is 10.4. The average Bonchev–Trinajstić information content (AvgIpc) is 3.21. The highest BCUT2D eigenvalue weighted by Gasteiger charge is 2.29. The summed E-state index contributed by atoms with van der Waals surface area (Å²) in [5, 5.41) is 2.70. The van der Waals surface area contributed by atoms with E-state index in [-0.39, 0.29) is 17.6 Å². The molecule has 0 radical (unpaired) electrons. The molecule has 1 aromatic carbocycles. The predicted molar refractivity (Wildman–Crippen MR) is 117 cm³/mol. The Labute approximate surface area is 179 Å². The molecule has 1 N–H and O–H groups in total. The van der Waals surface area contributed by atoms with E-state index in [0.29, 0.717) is 13.1 Å². The second-order valence-electron chi connectivity index (χ2n) is 7.71. The predicted octanol–water partition coefficient (Wildman–Crippen LogP) is 4.95. The summed E-state index contributed by atoms with van der Waals surface area (Å²) < 4.78 is 16.1. The van der Waals surface area contributed by atoms with Crippen LogP contribution in [0.4, 0.5) is 14.9 Å². The van der Waals surface area contributed by atoms with E-state index in [4.69, 9.17) is 4.98 Å². The van der Waals surface area contributed by atoms with E-state index in [2.05, 4.69) is 20.8 Å². The van der Waals surface area contributed by atoms with Gasteiger partial charge in [0.1, 0.15) is 11.6 Å². The van der Waals surface area contributed by atoms with E-state index in [1.807, 2.05) is 30.5 Å². The number of nitrogens with one attached hydrogen (secondary N) is 1. The second kappa shape index (κ2) is 8.18. The summed E-state index contributed by atoms with van der Waals surface area (Å²) in [5.41, 5.74) is 3.14. The number of carbonyl (C=O) groups is 1. The highest BCUT2D eigenvalue weighted by atomic mass is 19.1. The number of piperidine rings is 1. The van der Waals surface area contributed by atoms with Crippen LogP contribution in [-0.4, -0.2) is 38.4 Å². The van der Waals surface area contributed by atoms with Gasteiger partial charge in [-0.2, -0.15) is 0 Å². The SMILES string of the molecule is O=C(Nc1ccccc1F)N1CCCC(c2nc(-c3ccncc3)c3ccccn23)C1. The molecule has 1 aliphatic rings. The van der Waals surface area contributed by atoms with Crippen molar-refractivity contribution in [3.05, 3.63) is 84.8 Å². The smallest absolute Gasteiger partial charge is 0.321 e. The lowest BCUT2D eigenvalue weighted by molar-refractivity contribution is 0.191. The zero-order chi connectivity index (χ0) is 21.2. The number of anilines is 1. The van der Waals surface area contributed by atoms with Gasteiger partial charge in [-0.25, -0.2) is 14.2 Å². The Balaban J connectivity index is 1.43. The van der Waals surface area contributed by atoms with Crippen molar-refractivity contribution < 1.29 is 9.18 Å². The Bertz CT molecular complexity index is 1220. The van der Waals surface area contributed by atoms with Crippen molar-refractivity contribution in [1.29, 1.82) is 0 Å². The minimum Gasteiger partial charge on any atom is -0.324 e. The zero-order valence-corrected chi connectivity index (χ0v) is 16.9. The van der Waals surface area contributed by atoms with Crippen molar-refractivity contribution in [2.75, 3.05) is 18.4 Å². The van der Waals surface area contributed by atoms with Crippen LogP contribution in [0.5, 0.6) is 0 Å². The van der Waals surface area contributed by atoms with Gasteiger partial charge in [-0.1, -0.05) is 18.2 Å². The highest BCUT2D eigenvalue weighted by molar-refractivity contribution is 5.89. The quantitative estimate of drug-likeness (QED) is 0.515. The summed E-state index contributed by atoms with van der Waals surface area (Å²) in [4.78, 5) is 23.6. The van der Waals surface area contributed by atoms with Gasteiger partial charge in [-0.15, -0.1) is 0 Å². The van der Waals surface area contributed by atoms with Gasteiger partial charge in [-0.3, -0.25) is 4.98 Å². The maximum Gasteiger partial charge on any atom is 0.321 e. The van der Waals surface area contributed by atoms with Gasteiger partial charge in [-0.05, 0) is 49.2 Å². The van der Waals surface area contributed by atoms with Gasteiger partial charge in [0.25, 0.3) is 0 Å². The van der Waals surface area contributed by atoms with Gasteiger partial charge in [0.05, 0.1) is 16.9 Å². The first-order chi connectivity index (χ1) is 15.2. The van der Waals surface area contributed by atoms with E-state index in [1.165, 1.54) is 6.07 Å². The number of halogens is 1. The van der Waals surface area contributed by atoms with E-state index in [0.717, 1.165) is 35.4 Å². The molecule has 1 saturated heterocycles. The number of imidazole rings is 1. The van der Waals surface area contributed by atoms with Crippen LogP contribution < -0.4 is 5.32 Å². The van der Waals surface area contributed by atoms with Crippen LogP contribution in [0, 0.1) is 5.82 Å². The number of amides is 2. The lowest BCUT2D eigenvalue weighted by Gasteiger charge is -2.32. The third-order valence-electron chi connectivity index (χ3n) is 5.72. The van der Waals surface area contributed by atoms with Gasteiger partial charge < -0.3 is 14.6 Å². The Morgan fingerprint density at radius 2 is 1.87 bits per heavy atom. The van der Waals surface area contributed by atoms with Crippen LogP contribution >= 0.6 is 0 Å². The fourth-order valence-electron chi connectivity index (χ4n) is 4.20. The maximum absolute atomic E-state index is 13.9. The van der Waals surface area contributed by atoms with Crippen LogP contribution in [0.3, 0.4) is 0 Å². The number of nitrogens with zero attached hydrogens (tertiary/aromatic N) is 4. The Kier molecular flexibility index (Phi) is 5.08. The number of aromatic nitrogens is 3. The number of para-hydroxylation sites is 1. The van der Waals surface area contributed by atoms with E-state index in [9.17, 15) is 9.18 Å². The maximum atomic E-state index is 13.9. The molecule has 0 saturated carbocycles. The topological polar surface area (TPSA) is 62.5 Å². The van der Waals surface area contributed by atoms with Crippen LogP contribution in [0.1, 0.15) is 24.6 Å². The van der Waals surface area contributed by atoms with E-state index < -0.39 is 5.82 Å². The van der Waals surface area contributed by atoms with Crippen molar-refractivity contribution in [3.63, 3.8) is 0 Å². The number of rotatable bonds is 3. The fraction of sp³-hybridized carbons (Fsp3) is 0.208. The lowest BCUT2D eigenvalue weighted by atomic mass is 9.97. The largest absolute Gasteiger partial charge is 0.324 e. The number of hydrogen-bond acceptors (Lipinski definition) is 3. The Hall–Kier alpha value is -3.74. The third kappa shape index (κ3) is 3.74. The average molecular weight is 415 g/mol. The molecule has 3 aromatic heterocycles. The molecule has 4 heterocycles. The molecule has 2 amide bonds. The molecule has 1 aliphatic heterocycles. The number of carbonyl (C=O) groups excluding carboxylic acids is 1. The summed E-state index contributed by atoms with van der Waals surface area (Å²) in [7, 11) is 0. The number of fused-ring (bicyclic) bond motifs is 1. The minimum atomic E-state index is -0.439. The second-order valence-corrected chi connectivity index (χ2v) is 7.71. The molecule has 7 heteroatoms. The molecule has 0 spiro atoms. The minimum absolute atomic E-state index is 0.0885. The number of benzene rings is 1. The molecular formula is C24H22FN5O. The Morgan fingerprint density at radius 3 is 2.71 bits per heavy atom. The summed E-state index contributed by atoms with van der Waals surface area (Å²) in [6.45, 7) is 1.17. The molecule has 1 fully saturated rings. The van der Waals surface area contributed by atoms with Gasteiger partial charge in [0, 0.05) is 43.2 Å². The number of hydrogen-bond donors (Lipinski definition) is 1. The molecule has 4 aromatic rings. The first kappa shape index (κ1) is 19.2. The number of pyridine rings is 2. The first-order valence-corrected chi connectivity index (χ1v) is 10.4. The van der Waals surface area contributed by atoms with Crippen LogP contribution in [-0.2, 0) is 0 Å². The van der Waals surface area contributed by atoms with Gasteiger partial charge in [0.2, 0.25) is 0 Å². The van der Waals surface area contributed by atoms with E-state index >= 15 is 0 Å². The highest BCUT2D eigenvalue weighted by Crippen LogP contribution is 2.32. The van der Waals surface area contributed by atoms with Crippen LogP contribution in [0.2, 0.25) is 0 Å². The van der Waals surface area contributed by atoms with Crippen LogP contribution in [0.25, 0.3) is 16.8 Å². The van der Waals surface area contributed by atoms with Crippen molar-refractivity contribution >= 4 is 17.2 Å². The molecule has 6 nitrogen and oxygen atoms in total. The molecular weight excluding hydrogens is 393 g/mol. The lowest BCUT2D eigenvalue weighted by Crippen LogP contribution is -2.42. The molecule has 1 unspecified atom stereocenters. The summed E-state index contributed by atoms with van der Waals surface area (Å²) in [6.07, 6.45) is 7.34. The van der Waals surface area contributed by atoms with Crippen molar-refractivity contribution in [2.45, 2.75) is 18.8 Å². The molecule has 31 heavy (non-hydrogen) atoms. The summed E-state index contributed by atoms with van der Waals surface area (Å²) in [6, 6.07) is 15.9. The Morgan fingerprint density at radius 1 is 1.06 bits per heavy atom. The zero-order valence-electron chi connectivity index (χ0n) is 16.9. The molecule has 0 aliphatic carbocycles. The molecule has 0 bridgehead atoms. The molecule has 156 valence electrons. The van der Waals surface area contributed by atoms with Crippen molar-refractivity contribution in [2.24, 2.45) is 0 Å².